The number of aromatic nitrogens is 2. The van der Waals surface area contributed by atoms with E-state index >= 15 is 8.78 Å². The molecule has 0 spiro atoms. The first-order chi connectivity index (χ1) is 20.0. The molecule has 212 valence electrons. The van der Waals surface area contributed by atoms with Crippen LogP contribution in [0.25, 0.3) is 32.8 Å². The van der Waals surface area contributed by atoms with Crippen molar-refractivity contribution >= 4 is 33.2 Å². The van der Waals surface area contributed by atoms with Crippen molar-refractivity contribution in [1.29, 1.82) is 0 Å². The fourth-order valence-electron chi connectivity index (χ4n) is 7.86. The highest BCUT2D eigenvalue weighted by Gasteiger charge is 2.45. The lowest BCUT2D eigenvalue weighted by atomic mass is 9.92. The van der Waals surface area contributed by atoms with Gasteiger partial charge in [0.2, 0.25) is 0 Å². The zero-order chi connectivity index (χ0) is 27.7. The second-order valence-electron chi connectivity index (χ2n) is 12.3. The second kappa shape index (κ2) is 9.49. The van der Waals surface area contributed by atoms with Crippen LogP contribution in [0.2, 0.25) is 0 Å². The molecule has 9 heteroatoms. The number of nitrogen functional groups attached to an aromatic ring is 1. The van der Waals surface area contributed by atoms with Crippen LogP contribution in [-0.2, 0) is 0 Å². The summed E-state index contributed by atoms with van der Waals surface area (Å²) in [7, 11) is 0. The normalized spacial score (nSPS) is 23.5. The molecular weight excluding hydrogens is 522 g/mol. The molecular formula is C32H34F2N6O. The maximum Gasteiger partial charge on any atom is 0.319 e. The highest BCUT2D eigenvalue weighted by Crippen LogP contribution is 2.42. The lowest BCUT2D eigenvalue weighted by Crippen LogP contribution is -2.61. The van der Waals surface area contributed by atoms with E-state index in [4.69, 9.17) is 15.5 Å². The third kappa shape index (κ3) is 4.04. The van der Waals surface area contributed by atoms with E-state index in [-0.39, 0.29) is 28.7 Å². The van der Waals surface area contributed by atoms with Gasteiger partial charge in [0, 0.05) is 36.2 Å². The molecule has 9 rings (SSSR count). The van der Waals surface area contributed by atoms with Crippen LogP contribution in [0.1, 0.15) is 38.5 Å². The molecule has 41 heavy (non-hydrogen) atoms. The minimum absolute atomic E-state index is 0.000422. The van der Waals surface area contributed by atoms with Gasteiger partial charge in [-0.15, -0.1) is 0 Å². The number of fused-ring (bicyclic) bond motifs is 6. The smallest absolute Gasteiger partial charge is 0.319 e. The molecule has 5 aliphatic heterocycles. The third-order valence-electron chi connectivity index (χ3n) is 9.90. The van der Waals surface area contributed by atoms with Crippen molar-refractivity contribution in [2.45, 2.75) is 56.1 Å². The fourth-order valence-corrected chi connectivity index (χ4v) is 7.86. The van der Waals surface area contributed by atoms with E-state index in [1.165, 1.54) is 6.07 Å². The Balaban J connectivity index is 1.29. The number of hydrogen-bond donors (Lipinski definition) is 2. The molecule has 4 aromatic rings. The van der Waals surface area contributed by atoms with Crippen LogP contribution in [0.5, 0.6) is 6.01 Å². The highest BCUT2D eigenvalue weighted by atomic mass is 19.1. The maximum atomic E-state index is 16.7. The van der Waals surface area contributed by atoms with Crippen molar-refractivity contribution < 1.29 is 13.5 Å². The van der Waals surface area contributed by atoms with Gasteiger partial charge in [0.05, 0.1) is 11.1 Å². The quantitative estimate of drug-likeness (QED) is 0.325. The lowest BCUT2D eigenvalue weighted by molar-refractivity contribution is 0.107. The minimum atomic E-state index is -0.717. The SMILES string of the molecule is Nc1cc(-c2c(F)cc3c(N4C[C@@H]5CCC4CN5)nc(OCC45CCCN4CCC5)nc3c2F)c2ccccc2c1. The summed E-state index contributed by atoms with van der Waals surface area (Å²) in [5.74, 6) is -0.822. The van der Waals surface area contributed by atoms with E-state index in [1.54, 1.807) is 6.07 Å². The van der Waals surface area contributed by atoms with Crippen LogP contribution < -0.4 is 20.7 Å². The number of ether oxygens (including phenoxy) is 1. The number of piperazine rings is 1. The molecule has 0 aliphatic carbocycles. The van der Waals surface area contributed by atoms with Gasteiger partial charge >= 0.3 is 6.01 Å². The summed E-state index contributed by atoms with van der Waals surface area (Å²) in [6, 6.07) is 13.0. The van der Waals surface area contributed by atoms with E-state index in [0.717, 1.165) is 75.5 Å². The number of nitrogens with two attached hydrogens (primary N) is 1. The summed E-state index contributed by atoms with van der Waals surface area (Å²) in [5.41, 5.74) is 6.99. The zero-order valence-electron chi connectivity index (χ0n) is 23.0. The van der Waals surface area contributed by atoms with Crippen molar-refractivity contribution in [1.82, 2.24) is 20.2 Å². The monoisotopic (exact) mass is 556 g/mol. The van der Waals surface area contributed by atoms with Gasteiger partial charge in [-0.3, -0.25) is 4.90 Å². The number of anilines is 2. The van der Waals surface area contributed by atoms with Crippen LogP contribution >= 0.6 is 0 Å². The zero-order valence-corrected chi connectivity index (χ0v) is 23.0. The first-order valence-corrected chi connectivity index (χ1v) is 14.9. The van der Waals surface area contributed by atoms with Crippen LogP contribution in [0, 0.1) is 11.6 Å². The molecule has 1 aromatic heterocycles. The van der Waals surface area contributed by atoms with Crippen molar-refractivity contribution in [2.75, 3.05) is 43.4 Å². The Morgan fingerprint density at radius 3 is 2.61 bits per heavy atom. The molecule has 0 radical (unpaired) electrons. The predicted molar refractivity (Wildman–Crippen MR) is 157 cm³/mol. The Bertz CT molecular complexity index is 1660. The van der Waals surface area contributed by atoms with E-state index in [0.29, 0.717) is 35.1 Å². The minimum Gasteiger partial charge on any atom is -0.461 e. The standard InChI is InChI=1S/C32H34F2N6O/c33-26-15-25-29(28(34)27(26)24-14-20(35)13-19-5-1-2-6-23(19)24)37-31(41-18-32-9-3-11-39(32)12-4-10-32)38-30(25)40-17-21-7-8-22(40)16-36-21/h1-2,5-6,13-15,21-22,36H,3-4,7-12,16-18,35H2/t21-,22?/m0/s1. The van der Waals surface area contributed by atoms with E-state index in [2.05, 4.69) is 20.1 Å². The molecule has 3 N–H and O–H groups in total. The topological polar surface area (TPSA) is 79.5 Å². The number of piperidine rings is 2. The summed E-state index contributed by atoms with van der Waals surface area (Å²) in [6.45, 7) is 4.20. The number of hydrogen-bond acceptors (Lipinski definition) is 7. The summed E-state index contributed by atoms with van der Waals surface area (Å²) in [6.07, 6.45) is 6.57. The Morgan fingerprint density at radius 2 is 1.85 bits per heavy atom. The van der Waals surface area contributed by atoms with E-state index in [1.807, 2.05) is 30.3 Å². The van der Waals surface area contributed by atoms with E-state index < -0.39 is 11.6 Å². The molecule has 5 saturated heterocycles. The van der Waals surface area contributed by atoms with Gasteiger partial charge in [-0.2, -0.15) is 9.97 Å². The van der Waals surface area contributed by atoms with Crippen molar-refractivity contribution in [3.63, 3.8) is 0 Å². The first-order valence-electron chi connectivity index (χ1n) is 14.9. The van der Waals surface area contributed by atoms with Gasteiger partial charge in [0.25, 0.3) is 0 Å². The number of rotatable bonds is 5. The van der Waals surface area contributed by atoms with Crippen molar-refractivity contribution in [2.24, 2.45) is 0 Å². The Kier molecular flexibility index (Phi) is 5.83. The maximum absolute atomic E-state index is 16.7. The van der Waals surface area contributed by atoms with Gasteiger partial charge in [0.15, 0.2) is 5.82 Å². The molecule has 0 amide bonds. The first kappa shape index (κ1) is 25.2. The van der Waals surface area contributed by atoms with Crippen molar-refractivity contribution in [3.8, 4) is 17.1 Å². The van der Waals surface area contributed by atoms with Crippen LogP contribution in [0.4, 0.5) is 20.3 Å². The Labute approximate surface area is 237 Å². The van der Waals surface area contributed by atoms with Crippen LogP contribution in [-0.4, -0.2) is 65.3 Å². The molecule has 0 saturated carbocycles. The lowest BCUT2D eigenvalue weighted by Gasteiger charge is -2.46. The summed E-state index contributed by atoms with van der Waals surface area (Å²) in [4.78, 5) is 14.2. The average Bonchev–Trinajstić information content (AvgIpc) is 3.57. The fraction of sp³-hybridized carbons (Fsp3) is 0.438. The van der Waals surface area contributed by atoms with Gasteiger partial charge in [-0.1, -0.05) is 24.3 Å². The van der Waals surface area contributed by atoms with Gasteiger partial charge in [0.1, 0.15) is 23.8 Å². The molecule has 3 aromatic carbocycles. The van der Waals surface area contributed by atoms with Gasteiger partial charge < -0.3 is 20.7 Å². The molecule has 6 heterocycles. The molecule has 2 bridgehead atoms. The number of benzene rings is 3. The largest absolute Gasteiger partial charge is 0.461 e. The molecule has 5 fully saturated rings. The molecule has 7 nitrogen and oxygen atoms in total. The third-order valence-corrected chi connectivity index (χ3v) is 9.90. The van der Waals surface area contributed by atoms with Gasteiger partial charge in [-0.05, 0) is 86.1 Å². The van der Waals surface area contributed by atoms with Crippen molar-refractivity contribution in [3.05, 3.63) is 54.1 Å². The Morgan fingerprint density at radius 1 is 1.02 bits per heavy atom. The van der Waals surface area contributed by atoms with Crippen LogP contribution in [0.15, 0.2) is 42.5 Å². The number of nitrogens with one attached hydrogen (secondary N) is 1. The van der Waals surface area contributed by atoms with Crippen LogP contribution in [0.3, 0.4) is 0 Å². The summed E-state index contributed by atoms with van der Waals surface area (Å²) >= 11 is 0. The molecule has 5 aliphatic rings. The molecule has 1 unspecified atom stereocenters. The van der Waals surface area contributed by atoms with Gasteiger partial charge in [-0.25, -0.2) is 8.78 Å². The summed E-state index contributed by atoms with van der Waals surface area (Å²) in [5, 5.41) is 5.48. The highest BCUT2D eigenvalue weighted by molar-refractivity contribution is 6.02. The summed E-state index contributed by atoms with van der Waals surface area (Å²) < 4.78 is 39.1. The number of nitrogens with zero attached hydrogens (tertiary/aromatic N) is 4. The van der Waals surface area contributed by atoms with E-state index in [9.17, 15) is 0 Å². The average molecular weight is 557 g/mol. The Hall–Kier alpha value is -3.56. The number of halogens is 2. The predicted octanol–water partition coefficient (Wildman–Crippen LogP) is 5.26. The molecule has 2 atom stereocenters. The second-order valence-corrected chi connectivity index (χ2v) is 12.3.